The van der Waals surface area contributed by atoms with E-state index in [1.807, 2.05) is 45.0 Å². The molecule has 0 spiro atoms. The van der Waals surface area contributed by atoms with Crippen molar-refractivity contribution in [2.24, 2.45) is 11.8 Å². The third-order valence-electron chi connectivity index (χ3n) is 8.35. The van der Waals surface area contributed by atoms with Gasteiger partial charge in [-0.15, -0.1) is 10.2 Å². The number of hydrogen-bond donors (Lipinski definition) is 4. The minimum atomic E-state index is -0.851. The number of hydrogen-bond acceptors (Lipinski definition) is 11. The molecule has 1 aliphatic carbocycles. The zero-order chi connectivity index (χ0) is 35.7. The van der Waals surface area contributed by atoms with Gasteiger partial charge in [0.05, 0.1) is 19.8 Å². The summed E-state index contributed by atoms with van der Waals surface area (Å²) in [6.45, 7) is 5.96. The molecule has 2 aromatic heterocycles. The summed E-state index contributed by atoms with van der Waals surface area (Å²) in [5.74, 6) is 0.278. The SMILES string of the molecule is COc1ncc(-c2ccc(C[C@H](NC(=O)[C@H]3CC[C@H](CNC(=O)OC(C)(C)C)CC3)C(=O)Nc3ccc(-c4nn[nH]n4)cc3)cc2)c(OC)n1. The van der Waals surface area contributed by atoms with Crippen LogP contribution in [-0.4, -0.2) is 80.9 Å². The number of H-pyrrole nitrogens is 1. The Bertz CT molecular complexity index is 1730. The average molecular weight is 686 g/mol. The van der Waals surface area contributed by atoms with Crippen LogP contribution in [0.25, 0.3) is 22.5 Å². The Kier molecular flexibility index (Phi) is 11.6. The van der Waals surface area contributed by atoms with E-state index in [1.54, 1.807) is 30.5 Å². The smallest absolute Gasteiger partial charge is 0.407 e. The van der Waals surface area contributed by atoms with Gasteiger partial charge in [-0.05, 0) is 93.0 Å². The number of alkyl carbamates (subject to hydrolysis) is 1. The number of tetrazole rings is 1. The zero-order valence-electron chi connectivity index (χ0n) is 28.9. The molecule has 0 radical (unpaired) electrons. The second-order valence-electron chi connectivity index (χ2n) is 13.1. The molecule has 15 nitrogen and oxygen atoms in total. The molecule has 4 aromatic rings. The van der Waals surface area contributed by atoms with E-state index in [0.29, 0.717) is 42.3 Å². The summed E-state index contributed by atoms with van der Waals surface area (Å²) in [6.07, 6.45) is 4.29. The molecular weight excluding hydrogens is 642 g/mol. The number of anilines is 1. The van der Waals surface area contributed by atoms with Gasteiger partial charge in [0.15, 0.2) is 0 Å². The molecule has 1 aliphatic rings. The Hall–Kier alpha value is -5.60. The maximum absolute atomic E-state index is 13.7. The van der Waals surface area contributed by atoms with Crippen LogP contribution >= 0.6 is 0 Å². The number of ether oxygens (including phenoxy) is 3. The molecule has 2 heterocycles. The van der Waals surface area contributed by atoms with Crippen LogP contribution in [0.1, 0.15) is 52.0 Å². The van der Waals surface area contributed by atoms with Crippen LogP contribution in [0.5, 0.6) is 11.9 Å². The molecule has 1 atom stereocenters. The number of amides is 3. The van der Waals surface area contributed by atoms with Gasteiger partial charge in [-0.25, -0.2) is 9.78 Å². The number of aromatic nitrogens is 6. The Balaban J connectivity index is 1.25. The highest BCUT2D eigenvalue weighted by atomic mass is 16.6. The average Bonchev–Trinajstić information content (AvgIpc) is 3.66. The first-order valence-corrected chi connectivity index (χ1v) is 16.5. The summed E-state index contributed by atoms with van der Waals surface area (Å²) >= 11 is 0. The van der Waals surface area contributed by atoms with Crippen molar-refractivity contribution in [3.05, 3.63) is 60.3 Å². The van der Waals surface area contributed by atoms with E-state index in [-0.39, 0.29) is 36.1 Å². The molecule has 3 amide bonds. The second-order valence-corrected chi connectivity index (χ2v) is 13.1. The van der Waals surface area contributed by atoms with Gasteiger partial charge in [0, 0.05) is 36.3 Å². The Morgan fingerprint density at radius 2 is 1.64 bits per heavy atom. The molecule has 0 unspecified atom stereocenters. The lowest BCUT2D eigenvalue weighted by Gasteiger charge is -2.29. The number of aromatic amines is 1. The first-order valence-electron chi connectivity index (χ1n) is 16.5. The van der Waals surface area contributed by atoms with Crippen LogP contribution in [0, 0.1) is 11.8 Å². The highest BCUT2D eigenvalue weighted by Crippen LogP contribution is 2.30. The molecule has 0 saturated heterocycles. The largest absolute Gasteiger partial charge is 0.480 e. The van der Waals surface area contributed by atoms with Crippen LogP contribution in [0.3, 0.4) is 0 Å². The lowest BCUT2D eigenvalue weighted by atomic mass is 9.81. The first-order chi connectivity index (χ1) is 24.0. The van der Waals surface area contributed by atoms with Gasteiger partial charge in [0.25, 0.3) is 0 Å². The molecule has 264 valence electrons. The molecule has 5 rings (SSSR count). The highest BCUT2D eigenvalue weighted by molar-refractivity contribution is 5.97. The monoisotopic (exact) mass is 685 g/mol. The summed E-state index contributed by atoms with van der Waals surface area (Å²) in [7, 11) is 3.01. The highest BCUT2D eigenvalue weighted by Gasteiger charge is 2.30. The van der Waals surface area contributed by atoms with Gasteiger partial charge < -0.3 is 30.2 Å². The predicted octanol–water partition coefficient (Wildman–Crippen LogP) is 4.34. The van der Waals surface area contributed by atoms with Crippen LogP contribution < -0.4 is 25.4 Å². The summed E-state index contributed by atoms with van der Waals surface area (Å²) in [4.78, 5) is 47.9. The Labute approximate surface area is 290 Å². The maximum Gasteiger partial charge on any atom is 0.407 e. The van der Waals surface area contributed by atoms with Gasteiger partial charge >= 0.3 is 12.1 Å². The number of carbonyl (C=O) groups excluding carboxylic acids is 3. The molecule has 15 heteroatoms. The number of rotatable bonds is 12. The van der Waals surface area contributed by atoms with Crippen molar-refractivity contribution < 1.29 is 28.6 Å². The molecule has 2 aromatic carbocycles. The second kappa shape index (κ2) is 16.2. The molecule has 1 fully saturated rings. The Morgan fingerprint density at radius 1 is 0.940 bits per heavy atom. The van der Waals surface area contributed by atoms with E-state index < -0.39 is 17.7 Å². The van der Waals surface area contributed by atoms with Crippen molar-refractivity contribution in [1.29, 1.82) is 0 Å². The van der Waals surface area contributed by atoms with Crippen molar-refractivity contribution in [3.8, 4) is 34.4 Å². The lowest BCUT2D eigenvalue weighted by molar-refractivity contribution is -0.130. The molecule has 0 bridgehead atoms. The van der Waals surface area contributed by atoms with Crippen LogP contribution in [0.2, 0.25) is 0 Å². The van der Waals surface area contributed by atoms with Gasteiger partial charge in [0.2, 0.25) is 23.5 Å². The van der Waals surface area contributed by atoms with Gasteiger partial charge in [0.1, 0.15) is 11.6 Å². The summed E-state index contributed by atoms with van der Waals surface area (Å²) in [5.41, 5.74) is 3.06. The van der Waals surface area contributed by atoms with Crippen LogP contribution in [0.4, 0.5) is 10.5 Å². The fraction of sp³-hybridized carbons (Fsp3) is 0.429. The number of benzene rings is 2. The number of nitrogens with one attached hydrogen (secondary N) is 4. The summed E-state index contributed by atoms with van der Waals surface area (Å²) in [5, 5.41) is 22.8. The maximum atomic E-state index is 13.7. The Morgan fingerprint density at radius 3 is 2.26 bits per heavy atom. The van der Waals surface area contributed by atoms with E-state index in [1.165, 1.54) is 14.2 Å². The number of methoxy groups -OCH3 is 2. The predicted molar refractivity (Wildman–Crippen MR) is 184 cm³/mol. The van der Waals surface area contributed by atoms with E-state index in [2.05, 4.69) is 46.5 Å². The summed E-state index contributed by atoms with van der Waals surface area (Å²) < 4.78 is 15.9. The minimum Gasteiger partial charge on any atom is -0.480 e. The number of carbonyl (C=O) groups is 3. The van der Waals surface area contributed by atoms with E-state index in [4.69, 9.17) is 14.2 Å². The molecule has 0 aliphatic heterocycles. The van der Waals surface area contributed by atoms with Crippen molar-refractivity contribution in [3.63, 3.8) is 0 Å². The van der Waals surface area contributed by atoms with Crippen LogP contribution in [0.15, 0.2) is 54.7 Å². The van der Waals surface area contributed by atoms with Gasteiger partial charge in [-0.2, -0.15) is 10.2 Å². The molecule has 4 N–H and O–H groups in total. The fourth-order valence-electron chi connectivity index (χ4n) is 5.74. The van der Waals surface area contributed by atoms with E-state index in [0.717, 1.165) is 29.5 Å². The van der Waals surface area contributed by atoms with E-state index in [9.17, 15) is 14.4 Å². The van der Waals surface area contributed by atoms with Crippen molar-refractivity contribution in [1.82, 2.24) is 41.2 Å². The first kappa shape index (κ1) is 35.7. The zero-order valence-corrected chi connectivity index (χ0v) is 28.9. The van der Waals surface area contributed by atoms with Crippen LogP contribution in [-0.2, 0) is 20.7 Å². The topological polar surface area (TPSA) is 195 Å². The van der Waals surface area contributed by atoms with Crippen molar-refractivity contribution >= 4 is 23.6 Å². The van der Waals surface area contributed by atoms with E-state index >= 15 is 0 Å². The normalized spacial score (nSPS) is 16.5. The molecule has 1 saturated carbocycles. The number of nitrogens with zero attached hydrogens (tertiary/aromatic N) is 5. The molecular formula is C35H43N9O6. The van der Waals surface area contributed by atoms with Gasteiger partial charge in [-0.3, -0.25) is 9.59 Å². The lowest BCUT2D eigenvalue weighted by Crippen LogP contribution is -2.48. The summed E-state index contributed by atoms with van der Waals surface area (Å²) in [6, 6.07) is 14.0. The molecule has 50 heavy (non-hydrogen) atoms. The van der Waals surface area contributed by atoms with Gasteiger partial charge in [-0.1, -0.05) is 24.3 Å². The third kappa shape index (κ3) is 9.74. The van der Waals surface area contributed by atoms with Crippen molar-refractivity contribution in [2.75, 3.05) is 26.1 Å². The van der Waals surface area contributed by atoms with Crippen molar-refractivity contribution in [2.45, 2.75) is 64.5 Å². The fourth-order valence-corrected chi connectivity index (χ4v) is 5.74. The minimum absolute atomic E-state index is 0.173. The quantitative estimate of drug-likeness (QED) is 0.166. The third-order valence-corrected chi connectivity index (χ3v) is 8.35. The standard InChI is InChI=1S/C35H43N9O6/c1-35(2,3)50-34(47)37-19-22-8-12-25(13-9-22)30(45)39-28(31(46)38-26-16-14-24(15-17-26)29-41-43-44-42-29)18-21-6-10-23(11-7-21)27-20-36-33(49-5)40-32(27)48-4/h6-7,10-11,14-17,20,22,25,28H,8-9,12-13,18-19H2,1-5H3,(H,37,47)(H,38,46)(H,39,45)(H,41,42,43,44)/t22-,25-,28-/m0/s1.